The monoisotopic (exact) mass is 363 g/mol. The molecule has 0 aromatic heterocycles. The van der Waals surface area contributed by atoms with E-state index in [2.05, 4.69) is 12.2 Å². The van der Waals surface area contributed by atoms with Gasteiger partial charge in [0.25, 0.3) is 0 Å². The van der Waals surface area contributed by atoms with Crippen molar-refractivity contribution in [2.24, 2.45) is 0 Å². The number of hydrogen-bond acceptors (Lipinski definition) is 1. The van der Waals surface area contributed by atoms with Crippen LogP contribution in [0.4, 0.5) is 4.39 Å². The molecule has 150 valence electrons. The van der Waals surface area contributed by atoms with Crippen LogP contribution < -0.4 is 5.32 Å². The Labute approximate surface area is 162 Å². The maximum Gasteiger partial charge on any atom is 0.123 e. The Hall–Kier alpha value is -0.890. The van der Waals surface area contributed by atoms with Crippen LogP contribution in [0.15, 0.2) is 24.3 Å². The molecule has 0 aliphatic heterocycles. The van der Waals surface area contributed by atoms with Gasteiger partial charge in [0.15, 0.2) is 0 Å². The maximum absolute atomic E-state index is 12.8. The zero-order valence-corrected chi connectivity index (χ0v) is 17.2. The van der Waals surface area contributed by atoms with Gasteiger partial charge >= 0.3 is 0 Å². The molecule has 0 unspecified atom stereocenters. The van der Waals surface area contributed by atoms with Gasteiger partial charge in [-0.25, -0.2) is 4.39 Å². The molecule has 0 aliphatic carbocycles. The van der Waals surface area contributed by atoms with Crippen molar-refractivity contribution in [1.29, 1.82) is 0 Å². The molecule has 0 amide bonds. The summed E-state index contributed by atoms with van der Waals surface area (Å²) in [5.74, 6) is -0.141. The molecule has 0 bridgehead atoms. The van der Waals surface area contributed by atoms with Crippen LogP contribution in [-0.4, -0.2) is 13.1 Å². The second kappa shape index (κ2) is 17.5. The van der Waals surface area contributed by atoms with E-state index in [4.69, 9.17) is 0 Å². The van der Waals surface area contributed by atoms with Gasteiger partial charge < -0.3 is 5.32 Å². The van der Waals surface area contributed by atoms with Crippen LogP contribution in [0.3, 0.4) is 0 Å². The number of aryl methyl sites for hydroxylation is 1. The fourth-order valence-electron chi connectivity index (χ4n) is 3.45. The molecule has 0 spiro atoms. The van der Waals surface area contributed by atoms with Gasteiger partial charge in [-0.1, -0.05) is 89.7 Å². The van der Waals surface area contributed by atoms with Crippen molar-refractivity contribution >= 4 is 0 Å². The lowest BCUT2D eigenvalue weighted by molar-refractivity contribution is 0.532. The third-order valence-corrected chi connectivity index (χ3v) is 5.19. The molecule has 0 heterocycles. The molecule has 1 aromatic carbocycles. The Balaban J connectivity index is 1.72. The van der Waals surface area contributed by atoms with Crippen LogP contribution in [-0.2, 0) is 6.42 Å². The average molecular weight is 364 g/mol. The highest BCUT2D eigenvalue weighted by Gasteiger charge is 1.96. The summed E-state index contributed by atoms with van der Waals surface area (Å²) in [6.45, 7) is 4.55. The number of halogens is 1. The number of benzene rings is 1. The summed E-state index contributed by atoms with van der Waals surface area (Å²) in [5.41, 5.74) is 1.24. The second-order valence-electron chi connectivity index (χ2n) is 7.72. The van der Waals surface area contributed by atoms with E-state index < -0.39 is 0 Å². The molecule has 26 heavy (non-hydrogen) atoms. The molecule has 0 saturated carbocycles. The third kappa shape index (κ3) is 14.3. The SMILES string of the molecule is CCCCCCCCCCCCCCNCCCCc1ccc(F)cc1. The van der Waals surface area contributed by atoms with Crippen molar-refractivity contribution in [2.45, 2.75) is 103 Å². The summed E-state index contributed by atoms with van der Waals surface area (Å²) < 4.78 is 12.8. The van der Waals surface area contributed by atoms with Gasteiger partial charge in [-0.15, -0.1) is 0 Å². The smallest absolute Gasteiger partial charge is 0.123 e. The molecular formula is C24H42FN. The topological polar surface area (TPSA) is 12.0 Å². The van der Waals surface area contributed by atoms with Crippen LogP contribution >= 0.6 is 0 Å². The molecule has 1 rings (SSSR count). The minimum absolute atomic E-state index is 0.141. The van der Waals surface area contributed by atoms with Gasteiger partial charge in [-0.2, -0.15) is 0 Å². The minimum atomic E-state index is -0.141. The summed E-state index contributed by atoms with van der Waals surface area (Å²) in [6, 6.07) is 6.91. The highest BCUT2D eigenvalue weighted by Crippen LogP contribution is 2.11. The van der Waals surface area contributed by atoms with Gasteiger partial charge in [0.2, 0.25) is 0 Å². The molecule has 0 aliphatic rings. The third-order valence-electron chi connectivity index (χ3n) is 5.19. The predicted octanol–water partition coefficient (Wildman–Crippen LogP) is 7.44. The summed E-state index contributed by atoms with van der Waals surface area (Å²) in [6.07, 6.45) is 20.4. The van der Waals surface area contributed by atoms with Crippen LogP contribution in [0.1, 0.15) is 102 Å². The van der Waals surface area contributed by atoms with Gasteiger partial charge in [0.05, 0.1) is 0 Å². The molecule has 1 aromatic rings. The van der Waals surface area contributed by atoms with Crippen molar-refractivity contribution in [3.05, 3.63) is 35.6 Å². The van der Waals surface area contributed by atoms with E-state index in [0.29, 0.717) is 0 Å². The Morgan fingerprint density at radius 3 is 1.62 bits per heavy atom. The van der Waals surface area contributed by atoms with Crippen molar-refractivity contribution < 1.29 is 4.39 Å². The summed E-state index contributed by atoms with van der Waals surface area (Å²) in [4.78, 5) is 0. The fourth-order valence-corrected chi connectivity index (χ4v) is 3.45. The zero-order chi connectivity index (χ0) is 18.7. The van der Waals surface area contributed by atoms with E-state index in [9.17, 15) is 4.39 Å². The van der Waals surface area contributed by atoms with Crippen LogP contribution in [0.2, 0.25) is 0 Å². The van der Waals surface area contributed by atoms with E-state index in [0.717, 1.165) is 19.5 Å². The molecule has 1 N–H and O–H groups in total. The second-order valence-corrected chi connectivity index (χ2v) is 7.72. The Morgan fingerprint density at radius 2 is 1.08 bits per heavy atom. The number of hydrogen-bond donors (Lipinski definition) is 1. The normalized spacial score (nSPS) is 11.2. The van der Waals surface area contributed by atoms with Gasteiger partial charge in [0, 0.05) is 0 Å². The predicted molar refractivity (Wildman–Crippen MR) is 113 cm³/mol. The van der Waals surface area contributed by atoms with E-state index in [-0.39, 0.29) is 5.82 Å². The summed E-state index contributed by atoms with van der Waals surface area (Å²) in [7, 11) is 0. The lowest BCUT2D eigenvalue weighted by Crippen LogP contribution is -2.16. The maximum atomic E-state index is 12.8. The molecular weight excluding hydrogens is 321 g/mol. The standard InChI is InChI=1S/C24H42FN/c1-2-3-4-5-6-7-8-9-10-11-12-14-21-26-22-15-13-16-23-17-19-24(25)20-18-23/h17-20,26H,2-16,21-22H2,1H3. The zero-order valence-electron chi connectivity index (χ0n) is 17.2. The van der Waals surface area contributed by atoms with Crippen LogP contribution in [0.5, 0.6) is 0 Å². The van der Waals surface area contributed by atoms with Crippen LogP contribution in [0, 0.1) is 5.82 Å². The highest BCUT2D eigenvalue weighted by atomic mass is 19.1. The Morgan fingerprint density at radius 1 is 0.615 bits per heavy atom. The fraction of sp³-hybridized carbons (Fsp3) is 0.750. The Kier molecular flexibility index (Phi) is 15.6. The molecule has 0 fully saturated rings. The van der Waals surface area contributed by atoms with E-state index in [1.54, 1.807) is 12.1 Å². The quantitative estimate of drug-likeness (QED) is 0.267. The van der Waals surface area contributed by atoms with Crippen molar-refractivity contribution in [2.75, 3.05) is 13.1 Å². The largest absolute Gasteiger partial charge is 0.317 e. The molecule has 0 saturated heterocycles. The first kappa shape index (κ1) is 23.1. The average Bonchev–Trinajstić information content (AvgIpc) is 2.66. The van der Waals surface area contributed by atoms with Crippen molar-refractivity contribution in [1.82, 2.24) is 5.32 Å². The first-order valence-corrected chi connectivity index (χ1v) is 11.3. The first-order valence-electron chi connectivity index (χ1n) is 11.3. The summed E-state index contributed by atoms with van der Waals surface area (Å²) >= 11 is 0. The number of nitrogens with one attached hydrogen (secondary N) is 1. The number of rotatable bonds is 18. The highest BCUT2D eigenvalue weighted by molar-refractivity contribution is 5.15. The Bertz CT molecular complexity index is 401. The molecule has 1 nitrogen and oxygen atoms in total. The van der Waals surface area contributed by atoms with Gasteiger partial charge in [-0.3, -0.25) is 0 Å². The van der Waals surface area contributed by atoms with E-state index in [1.807, 2.05) is 12.1 Å². The molecule has 0 radical (unpaired) electrons. The van der Waals surface area contributed by atoms with E-state index >= 15 is 0 Å². The molecule has 2 heteroatoms. The van der Waals surface area contributed by atoms with Gasteiger partial charge in [-0.05, 0) is 56.5 Å². The lowest BCUT2D eigenvalue weighted by atomic mass is 10.1. The minimum Gasteiger partial charge on any atom is -0.317 e. The molecule has 0 atom stereocenters. The summed E-state index contributed by atoms with van der Waals surface area (Å²) in [5, 5.41) is 3.56. The lowest BCUT2D eigenvalue weighted by Gasteiger charge is -2.06. The van der Waals surface area contributed by atoms with Crippen molar-refractivity contribution in [3.8, 4) is 0 Å². The van der Waals surface area contributed by atoms with Gasteiger partial charge in [0.1, 0.15) is 5.82 Å². The van der Waals surface area contributed by atoms with E-state index in [1.165, 1.54) is 95.5 Å². The first-order chi connectivity index (χ1) is 12.8. The van der Waals surface area contributed by atoms with Crippen LogP contribution in [0.25, 0.3) is 0 Å². The number of unbranched alkanes of at least 4 members (excludes halogenated alkanes) is 12. The van der Waals surface area contributed by atoms with Crippen molar-refractivity contribution in [3.63, 3.8) is 0 Å².